The summed E-state index contributed by atoms with van der Waals surface area (Å²) in [5, 5.41) is 20.6. The molecule has 0 bridgehead atoms. The van der Waals surface area contributed by atoms with Crippen LogP contribution in [0.15, 0.2) is 41.7 Å². The summed E-state index contributed by atoms with van der Waals surface area (Å²) in [5.74, 6) is -0.367. The number of aromatic nitrogens is 2. The Hall–Kier alpha value is -4.02. The van der Waals surface area contributed by atoms with E-state index >= 15 is 0 Å². The second-order valence-electron chi connectivity index (χ2n) is 10.2. The van der Waals surface area contributed by atoms with E-state index in [2.05, 4.69) is 6.58 Å². The van der Waals surface area contributed by atoms with Crippen LogP contribution >= 0.6 is 0 Å². The Morgan fingerprint density at radius 3 is 2.80 bits per heavy atom. The highest BCUT2D eigenvalue weighted by atomic mass is 16.6. The minimum absolute atomic E-state index is 0.0916. The Morgan fingerprint density at radius 2 is 2.05 bits per heavy atom. The number of nitrogens with zero attached hydrogens (tertiary/aromatic N) is 2. The zero-order chi connectivity index (χ0) is 28.4. The Bertz CT molecular complexity index is 1560. The van der Waals surface area contributed by atoms with Gasteiger partial charge >= 0.3 is 5.97 Å². The molecule has 0 aliphatic carbocycles. The van der Waals surface area contributed by atoms with E-state index in [-0.39, 0.29) is 24.5 Å². The van der Waals surface area contributed by atoms with E-state index in [9.17, 15) is 19.5 Å². The highest BCUT2D eigenvalue weighted by Crippen LogP contribution is 2.39. The minimum Gasteiger partial charge on any atom is -0.493 e. The molecular formula is C30H33N3O7. The summed E-state index contributed by atoms with van der Waals surface area (Å²) in [6.45, 7) is 6.27. The number of hydrogen-bond acceptors (Lipinski definition) is 8. The number of nitrogens with one attached hydrogen (secondary N) is 1. The highest BCUT2D eigenvalue weighted by molar-refractivity contribution is 5.89. The third-order valence-corrected chi connectivity index (χ3v) is 7.79. The van der Waals surface area contributed by atoms with Crippen LogP contribution in [0.5, 0.6) is 5.75 Å². The lowest BCUT2D eigenvalue weighted by molar-refractivity contribution is -0.172. The number of unbranched alkanes of at least 4 members (excludes halogenated alkanes) is 3. The molecule has 40 heavy (non-hydrogen) atoms. The molecule has 210 valence electrons. The number of carbonyl (C=O) groups excluding carboxylic acids is 2. The molecule has 0 saturated carbocycles. The number of rotatable bonds is 11. The van der Waals surface area contributed by atoms with Crippen molar-refractivity contribution in [2.24, 2.45) is 0 Å². The number of aliphatic hydroxyl groups is 1. The molecule has 1 amide bonds. The van der Waals surface area contributed by atoms with Gasteiger partial charge in [0, 0.05) is 28.5 Å². The summed E-state index contributed by atoms with van der Waals surface area (Å²) < 4.78 is 12.9. The molecule has 4 heterocycles. The number of carbonyl (C=O) groups is 2. The number of fused-ring (bicyclic) bond motifs is 5. The second kappa shape index (κ2) is 11.2. The van der Waals surface area contributed by atoms with E-state index < -0.39 is 11.6 Å². The van der Waals surface area contributed by atoms with Crippen molar-refractivity contribution in [1.82, 2.24) is 15.0 Å². The van der Waals surface area contributed by atoms with Crippen LogP contribution in [0.3, 0.4) is 0 Å². The number of benzene rings is 1. The molecule has 1 atom stereocenters. The lowest BCUT2D eigenvalue weighted by Gasteiger charge is -2.31. The van der Waals surface area contributed by atoms with Gasteiger partial charge in [0.15, 0.2) is 5.60 Å². The molecule has 2 aliphatic heterocycles. The molecule has 1 aromatic carbocycles. The van der Waals surface area contributed by atoms with Crippen LogP contribution in [0.25, 0.3) is 22.3 Å². The Kier molecular flexibility index (Phi) is 7.73. The lowest BCUT2D eigenvalue weighted by atomic mass is 9.86. The fourth-order valence-corrected chi connectivity index (χ4v) is 5.56. The number of ether oxygens (including phenoxy) is 2. The van der Waals surface area contributed by atoms with Crippen molar-refractivity contribution in [3.63, 3.8) is 0 Å². The monoisotopic (exact) mass is 547 g/mol. The van der Waals surface area contributed by atoms with Crippen LogP contribution in [0.1, 0.15) is 67.7 Å². The van der Waals surface area contributed by atoms with Gasteiger partial charge in [-0.1, -0.05) is 25.8 Å². The molecule has 0 radical (unpaired) electrons. The van der Waals surface area contributed by atoms with Crippen LogP contribution in [0.4, 0.5) is 0 Å². The molecule has 0 unspecified atom stereocenters. The Labute approximate surface area is 231 Å². The first kappa shape index (κ1) is 27.5. The maximum atomic E-state index is 13.4. The maximum absolute atomic E-state index is 13.4. The van der Waals surface area contributed by atoms with Crippen molar-refractivity contribution in [2.45, 2.75) is 70.6 Å². The Morgan fingerprint density at radius 1 is 1.25 bits per heavy atom. The first-order valence-electron chi connectivity index (χ1n) is 13.6. The van der Waals surface area contributed by atoms with Crippen LogP contribution in [0, 0.1) is 0 Å². The van der Waals surface area contributed by atoms with Crippen molar-refractivity contribution in [3.8, 4) is 17.1 Å². The third-order valence-electron chi connectivity index (χ3n) is 7.79. The van der Waals surface area contributed by atoms with Crippen LogP contribution in [-0.4, -0.2) is 38.3 Å². The zero-order valence-corrected chi connectivity index (χ0v) is 22.5. The summed E-state index contributed by atoms with van der Waals surface area (Å²) in [7, 11) is 0. The van der Waals surface area contributed by atoms with Gasteiger partial charge in [-0.3, -0.25) is 14.8 Å². The summed E-state index contributed by atoms with van der Waals surface area (Å²) in [6.07, 6.45) is 6.08. The average molecular weight is 548 g/mol. The topological polar surface area (TPSA) is 140 Å². The lowest BCUT2D eigenvalue weighted by Crippen LogP contribution is -2.44. The molecule has 0 fully saturated rings. The number of hydroxylamine groups is 1. The molecule has 3 N–H and O–H groups in total. The maximum Gasteiger partial charge on any atom is 0.343 e. The standard InChI is InChI=1S/C30H33N3O7/c1-3-9-19-20-14-18-16-33-24(15-22-21(28(33)35)17-40-29(36)30(22,37)4-2)27(18)31-23(20)11-12-25(19)39-13-8-6-5-7-10-26(34)32-38/h3,11-12,14-15,37-38H,1,4-10,13,16-17H2,2H3,(H,32,34)/t30-/m0/s1. The fourth-order valence-electron chi connectivity index (χ4n) is 5.56. The first-order valence-corrected chi connectivity index (χ1v) is 13.6. The van der Waals surface area contributed by atoms with Crippen LogP contribution < -0.4 is 15.8 Å². The van der Waals surface area contributed by atoms with Gasteiger partial charge in [-0.2, -0.15) is 0 Å². The molecule has 2 aromatic heterocycles. The molecule has 0 spiro atoms. The molecule has 2 aliphatic rings. The van der Waals surface area contributed by atoms with E-state index in [1.54, 1.807) is 23.0 Å². The molecule has 0 saturated heterocycles. The molecule has 3 aromatic rings. The highest BCUT2D eigenvalue weighted by Gasteiger charge is 2.45. The number of esters is 1. The Balaban J connectivity index is 1.42. The zero-order valence-electron chi connectivity index (χ0n) is 22.5. The normalized spacial score (nSPS) is 17.1. The molecule has 10 nitrogen and oxygen atoms in total. The van der Waals surface area contributed by atoms with Gasteiger partial charge in [-0.05, 0) is 49.9 Å². The number of hydrogen-bond donors (Lipinski definition) is 3. The van der Waals surface area contributed by atoms with E-state index in [1.165, 1.54) is 0 Å². The fraction of sp³-hybridized carbons (Fsp3) is 0.400. The number of allylic oxidation sites excluding steroid dienone is 1. The largest absolute Gasteiger partial charge is 0.493 e. The van der Waals surface area contributed by atoms with Gasteiger partial charge in [-0.15, -0.1) is 6.58 Å². The first-order chi connectivity index (χ1) is 19.3. The predicted octanol–water partition coefficient (Wildman–Crippen LogP) is 3.64. The van der Waals surface area contributed by atoms with Gasteiger partial charge in [-0.25, -0.2) is 15.3 Å². The number of amides is 1. The van der Waals surface area contributed by atoms with Crippen molar-refractivity contribution >= 4 is 22.8 Å². The van der Waals surface area contributed by atoms with Crippen LogP contribution in [-0.2, 0) is 39.5 Å². The van der Waals surface area contributed by atoms with E-state index in [0.717, 1.165) is 47.0 Å². The third kappa shape index (κ3) is 4.77. The van der Waals surface area contributed by atoms with Crippen molar-refractivity contribution in [1.29, 1.82) is 0 Å². The average Bonchev–Trinajstić information content (AvgIpc) is 3.32. The number of cyclic esters (lactones) is 1. The molecule has 10 heteroatoms. The van der Waals surface area contributed by atoms with E-state index in [1.807, 2.05) is 24.3 Å². The van der Waals surface area contributed by atoms with Crippen molar-refractivity contribution in [3.05, 3.63) is 69.5 Å². The van der Waals surface area contributed by atoms with Gasteiger partial charge in [0.25, 0.3) is 5.56 Å². The minimum atomic E-state index is -1.86. The van der Waals surface area contributed by atoms with E-state index in [0.29, 0.717) is 54.9 Å². The second-order valence-corrected chi connectivity index (χ2v) is 10.2. The molecule has 5 rings (SSSR count). The summed E-state index contributed by atoms with van der Waals surface area (Å²) in [4.78, 5) is 41.9. The number of pyridine rings is 2. The van der Waals surface area contributed by atoms with Gasteiger partial charge in [0.05, 0.1) is 35.6 Å². The SMILES string of the molecule is C=CCc1c(OCCCCCCC(=O)NO)ccc2nc3c(cc12)Cn1c-3cc2c(c1=O)COC(=O)[C@]2(O)CC. The summed E-state index contributed by atoms with van der Waals surface area (Å²) in [5.41, 5.74) is 3.88. The quantitative estimate of drug-likeness (QED) is 0.0850. The van der Waals surface area contributed by atoms with Gasteiger partial charge in [0.2, 0.25) is 5.91 Å². The molecular weight excluding hydrogens is 514 g/mol. The summed E-state index contributed by atoms with van der Waals surface area (Å²) in [6, 6.07) is 7.54. The smallest absolute Gasteiger partial charge is 0.343 e. The van der Waals surface area contributed by atoms with Crippen molar-refractivity contribution in [2.75, 3.05) is 6.61 Å². The van der Waals surface area contributed by atoms with E-state index in [4.69, 9.17) is 19.7 Å². The van der Waals surface area contributed by atoms with Crippen LogP contribution in [0.2, 0.25) is 0 Å². The van der Waals surface area contributed by atoms with Gasteiger partial charge < -0.3 is 19.1 Å². The van der Waals surface area contributed by atoms with Gasteiger partial charge in [0.1, 0.15) is 12.4 Å². The summed E-state index contributed by atoms with van der Waals surface area (Å²) >= 11 is 0. The predicted molar refractivity (Wildman–Crippen MR) is 147 cm³/mol. The van der Waals surface area contributed by atoms with Crippen molar-refractivity contribution < 1.29 is 29.4 Å².